The van der Waals surface area contributed by atoms with Crippen LogP contribution in [0.15, 0.2) is 36.7 Å². The zero-order chi connectivity index (χ0) is 19.1. The molecule has 0 fully saturated rings. The lowest BCUT2D eigenvalue weighted by molar-refractivity contribution is -0.123. The van der Waals surface area contributed by atoms with Crippen LogP contribution >= 0.6 is 0 Å². The molecule has 1 heterocycles. The first-order valence-corrected chi connectivity index (χ1v) is 8.81. The highest BCUT2D eigenvalue weighted by molar-refractivity contribution is 5.94. The number of amides is 2. The van der Waals surface area contributed by atoms with E-state index >= 15 is 0 Å². The molecule has 7 heteroatoms. The Morgan fingerprint density at radius 1 is 1.19 bits per heavy atom. The molecule has 0 saturated carbocycles. The van der Waals surface area contributed by atoms with Crippen LogP contribution in [0, 0.1) is 0 Å². The summed E-state index contributed by atoms with van der Waals surface area (Å²) in [5.41, 5.74) is 2.41. The summed E-state index contributed by atoms with van der Waals surface area (Å²) in [5, 5.41) is 10.0. The van der Waals surface area contributed by atoms with Crippen molar-refractivity contribution in [1.82, 2.24) is 25.3 Å². The zero-order valence-corrected chi connectivity index (χ0v) is 15.8. The van der Waals surface area contributed by atoms with E-state index in [1.807, 2.05) is 39.2 Å². The highest BCUT2D eigenvalue weighted by Crippen LogP contribution is 2.12. The third kappa shape index (κ3) is 4.70. The van der Waals surface area contributed by atoms with Gasteiger partial charge in [0.15, 0.2) is 0 Å². The van der Waals surface area contributed by atoms with Gasteiger partial charge in [0.05, 0.1) is 6.20 Å². The van der Waals surface area contributed by atoms with Crippen molar-refractivity contribution in [3.63, 3.8) is 0 Å². The summed E-state index contributed by atoms with van der Waals surface area (Å²) in [4.78, 5) is 26.5. The van der Waals surface area contributed by atoms with Crippen LogP contribution in [0.25, 0.3) is 0 Å². The van der Waals surface area contributed by atoms with Crippen LogP contribution < -0.4 is 10.6 Å². The fourth-order valence-corrected chi connectivity index (χ4v) is 2.79. The van der Waals surface area contributed by atoms with Crippen LogP contribution in [-0.4, -0.2) is 46.6 Å². The Balaban J connectivity index is 1.96. The molecular formula is C19H27N5O2. The van der Waals surface area contributed by atoms with Crippen LogP contribution in [0.4, 0.5) is 0 Å². The van der Waals surface area contributed by atoms with Gasteiger partial charge in [-0.2, -0.15) is 5.10 Å². The molecule has 1 atom stereocenters. The Morgan fingerprint density at radius 2 is 1.85 bits per heavy atom. The Hall–Kier alpha value is -2.67. The number of nitrogens with zero attached hydrogens (tertiary/aromatic N) is 3. The maximum Gasteiger partial charge on any atom is 0.253 e. The van der Waals surface area contributed by atoms with Gasteiger partial charge in [0.1, 0.15) is 6.04 Å². The number of nitrogens with one attached hydrogen (secondary N) is 2. The molecule has 0 bridgehead atoms. The number of hydrogen-bond acceptors (Lipinski definition) is 4. The smallest absolute Gasteiger partial charge is 0.253 e. The van der Waals surface area contributed by atoms with Crippen molar-refractivity contribution < 1.29 is 9.59 Å². The average Bonchev–Trinajstić information content (AvgIpc) is 3.08. The number of rotatable bonds is 8. The minimum absolute atomic E-state index is 0.0254. The summed E-state index contributed by atoms with van der Waals surface area (Å²) in [7, 11) is 3.56. The minimum Gasteiger partial charge on any atom is -0.350 e. The molecule has 2 amide bonds. The van der Waals surface area contributed by atoms with Crippen molar-refractivity contribution in [1.29, 1.82) is 0 Å². The van der Waals surface area contributed by atoms with E-state index in [1.165, 1.54) is 0 Å². The van der Waals surface area contributed by atoms with Crippen molar-refractivity contribution in [3.05, 3.63) is 53.3 Å². The number of likely N-dealkylation sites (N-methyl/N-ethyl adjacent to an activating group) is 1. The minimum atomic E-state index is -0.452. The Bertz CT molecular complexity index is 735. The van der Waals surface area contributed by atoms with E-state index in [2.05, 4.69) is 15.7 Å². The van der Waals surface area contributed by atoms with Gasteiger partial charge in [-0.15, -0.1) is 0 Å². The molecular weight excluding hydrogens is 330 g/mol. The van der Waals surface area contributed by atoms with Crippen LogP contribution in [0.1, 0.15) is 41.4 Å². The van der Waals surface area contributed by atoms with Crippen molar-refractivity contribution in [2.24, 2.45) is 7.05 Å². The molecule has 0 aliphatic carbocycles. The lowest BCUT2D eigenvalue weighted by Crippen LogP contribution is -2.35. The third-order valence-electron chi connectivity index (χ3n) is 4.33. The number of carbonyl (C=O) groups is 2. The molecule has 1 unspecified atom stereocenters. The van der Waals surface area contributed by atoms with E-state index in [1.54, 1.807) is 35.0 Å². The third-order valence-corrected chi connectivity index (χ3v) is 4.33. The number of benzene rings is 1. The fourth-order valence-electron chi connectivity index (χ4n) is 2.79. The SMILES string of the molecule is CCN(CC)C(=O)c1ccc(CNC(=O)C(NC)c2cnn(C)c2)cc1. The first-order chi connectivity index (χ1) is 12.5. The maximum atomic E-state index is 12.4. The van der Waals surface area contributed by atoms with E-state index in [4.69, 9.17) is 0 Å². The van der Waals surface area contributed by atoms with Gasteiger partial charge in [0.2, 0.25) is 5.91 Å². The molecule has 1 aromatic carbocycles. The first-order valence-electron chi connectivity index (χ1n) is 8.81. The van der Waals surface area contributed by atoms with E-state index < -0.39 is 6.04 Å². The summed E-state index contributed by atoms with van der Waals surface area (Å²) in [6, 6.07) is 6.90. The van der Waals surface area contributed by atoms with Crippen LogP contribution in [0.5, 0.6) is 0 Å². The number of aromatic nitrogens is 2. The van der Waals surface area contributed by atoms with Gasteiger partial charge in [0, 0.05) is 44.0 Å². The van der Waals surface area contributed by atoms with E-state index in [0.717, 1.165) is 11.1 Å². The molecule has 140 valence electrons. The molecule has 0 spiro atoms. The maximum absolute atomic E-state index is 12.4. The number of hydrogen-bond donors (Lipinski definition) is 2. The van der Waals surface area contributed by atoms with E-state index in [0.29, 0.717) is 25.2 Å². The molecule has 0 aliphatic heterocycles. The van der Waals surface area contributed by atoms with Gasteiger partial charge in [-0.3, -0.25) is 14.3 Å². The highest BCUT2D eigenvalue weighted by Gasteiger charge is 2.19. The van der Waals surface area contributed by atoms with Gasteiger partial charge in [-0.05, 0) is 38.6 Å². The second-order valence-electron chi connectivity index (χ2n) is 6.06. The fraction of sp³-hybridized carbons (Fsp3) is 0.421. The molecule has 26 heavy (non-hydrogen) atoms. The summed E-state index contributed by atoms with van der Waals surface area (Å²) in [5.74, 6) is -0.0961. The highest BCUT2D eigenvalue weighted by atomic mass is 16.2. The van der Waals surface area contributed by atoms with Crippen molar-refractivity contribution in [2.75, 3.05) is 20.1 Å². The van der Waals surface area contributed by atoms with Crippen LogP contribution in [0.3, 0.4) is 0 Å². The monoisotopic (exact) mass is 357 g/mol. The van der Waals surface area contributed by atoms with Crippen molar-refractivity contribution in [2.45, 2.75) is 26.4 Å². The quantitative estimate of drug-likeness (QED) is 0.750. The van der Waals surface area contributed by atoms with Crippen LogP contribution in [-0.2, 0) is 18.4 Å². The normalized spacial score (nSPS) is 11.8. The zero-order valence-electron chi connectivity index (χ0n) is 15.8. The second kappa shape index (κ2) is 9.15. The number of aryl methyl sites for hydroxylation is 1. The Morgan fingerprint density at radius 3 is 2.35 bits per heavy atom. The molecule has 7 nitrogen and oxygen atoms in total. The van der Waals surface area contributed by atoms with Gasteiger partial charge < -0.3 is 15.5 Å². The van der Waals surface area contributed by atoms with Crippen LogP contribution in [0.2, 0.25) is 0 Å². The summed E-state index contributed by atoms with van der Waals surface area (Å²) in [6.45, 7) is 5.70. The standard InChI is InChI=1S/C19H27N5O2/c1-5-24(6-2)19(26)15-9-7-14(8-10-15)11-21-18(25)17(20-3)16-12-22-23(4)13-16/h7-10,12-13,17,20H,5-6,11H2,1-4H3,(H,21,25). The van der Waals surface area contributed by atoms with Crippen molar-refractivity contribution >= 4 is 11.8 Å². The summed E-state index contributed by atoms with van der Waals surface area (Å²) in [6.07, 6.45) is 3.49. The van der Waals surface area contributed by atoms with Gasteiger partial charge >= 0.3 is 0 Å². The molecule has 0 aliphatic rings. The average molecular weight is 357 g/mol. The van der Waals surface area contributed by atoms with Gasteiger partial charge in [-0.25, -0.2) is 0 Å². The lowest BCUT2D eigenvalue weighted by Gasteiger charge is -2.18. The first kappa shape index (κ1) is 19.7. The van der Waals surface area contributed by atoms with E-state index in [9.17, 15) is 9.59 Å². The summed E-state index contributed by atoms with van der Waals surface area (Å²) >= 11 is 0. The van der Waals surface area contributed by atoms with Gasteiger partial charge in [-0.1, -0.05) is 12.1 Å². The topological polar surface area (TPSA) is 79.3 Å². The predicted octanol–water partition coefficient (Wildman–Crippen LogP) is 1.48. The molecule has 2 rings (SSSR count). The molecule has 0 saturated heterocycles. The van der Waals surface area contributed by atoms with E-state index in [-0.39, 0.29) is 11.8 Å². The predicted molar refractivity (Wildman–Crippen MR) is 101 cm³/mol. The second-order valence-corrected chi connectivity index (χ2v) is 6.06. The number of carbonyl (C=O) groups excluding carboxylic acids is 2. The molecule has 2 aromatic rings. The Kier molecular flexibility index (Phi) is 6.91. The molecule has 2 N–H and O–H groups in total. The molecule has 0 radical (unpaired) electrons. The van der Waals surface area contributed by atoms with Crippen molar-refractivity contribution in [3.8, 4) is 0 Å². The Labute approximate surface area is 154 Å². The van der Waals surface area contributed by atoms with Gasteiger partial charge in [0.25, 0.3) is 5.91 Å². The largest absolute Gasteiger partial charge is 0.350 e. The molecule has 1 aromatic heterocycles. The lowest BCUT2D eigenvalue weighted by atomic mass is 10.1. The summed E-state index contributed by atoms with van der Waals surface area (Å²) < 4.78 is 1.67.